The van der Waals surface area contributed by atoms with Crippen LogP contribution in [0.3, 0.4) is 0 Å². The van der Waals surface area contributed by atoms with Crippen LogP contribution in [0.4, 0.5) is 0 Å². The second-order valence-electron chi connectivity index (χ2n) is 5.97. The first kappa shape index (κ1) is 15.0. The van der Waals surface area contributed by atoms with Gasteiger partial charge in [-0.25, -0.2) is 9.13 Å². The van der Waals surface area contributed by atoms with E-state index in [-0.39, 0.29) is 0 Å². The van der Waals surface area contributed by atoms with Crippen LogP contribution in [0, 0.1) is 0 Å². The number of benzene rings is 3. The summed E-state index contributed by atoms with van der Waals surface area (Å²) in [6.07, 6.45) is 2.20. The van der Waals surface area contributed by atoms with Gasteiger partial charge in [-0.1, -0.05) is 66.2 Å². The van der Waals surface area contributed by atoms with Crippen molar-refractivity contribution in [2.24, 2.45) is 0 Å². The summed E-state index contributed by atoms with van der Waals surface area (Å²) in [6, 6.07) is 27.1. The summed E-state index contributed by atoms with van der Waals surface area (Å²) in [7, 11) is 0. The van der Waals surface area contributed by atoms with E-state index in [2.05, 4.69) is 82.2 Å². The third-order valence-corrected chi connectivity index (χ3v) is 4.49. The number of hydrogen-bond donors (Lipinski definition) is 0. The van der Waals surface area contributed by atoms with Crippen molar-refractivity contribution in [1.82, 2.24) is 4.57 Å². The SMILES string of the molecule is Clc1ccc(Cn2c[n+](Cc3ccccc3)c3ccccc32)cc1. The van der Waals surface area contributed by atoms with Crippen molar-refractivity contribution in [3.8, 4) is 0 Å². The molecule has 1 heterocycles. The van der Waals surface area contributed by atoms with Crippen molar-refractivity contribution in [2.75, 3.05) is 0 Å². The van der Waals surface area contributed by atoms with Gasteiger partial charge in [-0.05, 0) is 35.4 Å². The maximum Gasteiger partial charge on any atom is 0.245 e. The van der Waals surface area contributed by atoms with Gasteiger partial charge >= 0.3 is 0 Å². The molecule has 118 valence electrons. The highest BCUT2D eigenvalue weighted by Gasteiger charge is 2.15. The summed E-state index contributed by atoms with van der Waals surface area (Å²) in [5.41, 5.74) is 5.03. The smallest absolute Gasteiger partial charge is 0.226 e. The molecule has 0 aliphatic rings. The molecule has 1 aromatic heterocycles. The summed E-state index contributed by atoms with van der Waals surface area (Å²) in [5, 5.41) is 0.773. The van der Waals surface area contributed by atoms with E-state index in [9.17, 15) is 0 Å². The molecule has 4 aromatic rings. The predicted octanol–water partition coefficient (Wildman–Crippen LogP) is 4.68. The fourth-order valence-corrected chi connectivity index (χ4v) is 3.19. The summed E-state index contributed by atoms with van der Waals surface area (Å²) >= 11 is 5.99. The van der Waals surface area contributed by atoms with Gasteiger partial charge in [-0.2, -0.15) is 0 Å². The number of aromatic nitrogens is 2. The van der Waals surface area contributed by atoms with Gasteiger partial charge in [0.15, 0.2) is 11.0 Å². The molecule has 0 aliphatic heterocycles. The van der Waals surface area contributed by atoms with Crippen LogP contribution in [0.2, 0.25) is 5.02 Å². The Morgan fingerprint density at radius 2 is 1.46 bits per heavy atom. The molecule has 4 rings (SSSR count). The molecule has 0 atom stereocenters. The number of hydrogen-bond acceptors (Lipinski definition) is 0. The van der Waals surface area contributed by atoms with Gasteiger partial charge in [-0.3, -0.25) is 0 Å². The summed E-state index contributed by atoms with van der Waals surface area (Å²) in [6.45, 7) is 1.70. The van der Waals surface area contributed by atoms with E-state index in [0.29, 0.717) is 0 Å². The topological polar surface area (TPSA) is 8.81 Å². The van der Waals surface area contributed by atoms with Crippen molar-refractivity contribution >= 4 is 22.6 Å². The van der Waals surface area contributed by atoms with Crippen LogP contribution in [0.25, 0.3) is 11.0 Å². The third kappa shape index (κ3) is 3.06. The van der Waals surface area contributed by atoms with Gasteiger partial charge in [-0.15, -0.1) is 0 Å². The summed E-state index contributed by atoms with van der Waals surface area (Å²) in [5.74, 6) is 0. The van der Waals surface area contributed by atoms with Crippen LogP contribution in [0.15, 0.2) is 85.2 Å². The van der Waals surface area contributed by atoms with Gasteiger partial charge in [0.1, 0.15) is 13.1 Å². The van der Waals surface area contributed by atoms with Gasteiger partial charge in [0.05, 0.1) is 0 Å². The summed E-state index contributed by atoms with van der Waals surface area (Å²) < 4.78 is 4.60. The van der Waals surface area contributed by atoms with Gasteiger partial charge < -0.3 is 0 Å². The Hall–Kier alpha value is -2.58. The monoisotopic (exact) mass is 333 g/mol. The van der Waals surface area contributed by atoms with Crippen LogP contribution in [-0.4, -0.2) is 4.57 Å². The maximum absolute atomic E-state index is 5.99. The number of fused-ring (bicyclic) bond motifs is 1. The molecule has 0 N–H and O–H groups in total. The van der Waals surface area contributed by atoms with E-state index < -0.39 is 0 Å². The number of nitrogens with zero attached hydrogens (tertiary/aromatic N) is 2. The number of rotatable bonds is 4. The van der Waals surface area contributed by atoms with Gasteiger partial charge in [0.2, 0.25) is 6.33 Å². The molecule has 2 nitrogen and oxygen atoms in total. The molecule has 0 unspecified atom stereocenters. The van der Waals surface area contributed by atoms with Crippen LogP contribution >= 0.6 is 11.6 Å². The lowest BCUT2D eigenvalue weighted by Crippen LogP contribution is -2.32. The van der Waals surface area contributed by atoms with Crippen molar-refractivity contribution < 1.29 is 4.57 Å². The fourth-order valence-electron chi connectivity index (χ4n) is 3.06. The van der Waals surface area contributed by atoms with Crippen molar-refractivity contribution in [2.45, 2.75) is 13.1 Å². The van der Waals surface area contributed by atoms with Crippen molar-refractivity contribution in [1.29, 1.82) is 0 Å². The molecular formula is C21H18ClN2+. The van der Waals surface area contributed by atoms with E-state index in [1.807, 2.05) is 12.1 Å². The number of halogens is 1. The average molecular weight is 334 g/mol. The molecule has 0 spiro atoms. The first-order chi connectivity index (χ1) is 11.8. The zero-order valence-corrected chi connectivity index (χ0v) is 14.0. The minimum Gasteiger partial charge on any atom is -0.226 e. The zero-order valence-electron chi connectivity index (χ0n) is 13.3. The quantitative estimate of drug-likeness (QED) is 0.479. The highest BCUT2D eigenvalue weighted by Crippen LogP contribution is 2.15. The Labute approximate surface area is 146 Å². The summed E-state index contributed by atoms with van der Waals surface area (Å²) in [4.78, 5) is 0. The highest BCUT2D eigenvalue weighted by atomic mass is 35.5. The Morgan fingerprint density at radius 1 is 0.750 bits per heavy atom. The maximum atomic E-state index is 5.99. The van der Waals surface area contributed by atoms with Crippen molar-refractivity contribution in [3.63, 3.8) is 0 Å². The Kier molecular flexibility index (Phi) is 4.06. The fraction of sp³-hybridized carbons (Fsp3) is 0.0952. The van der Waals surface area contributed by atoms with Gasteiger partial charge in [0.25, 0.3) is 0 Å². The third-order valence-electron chi connectivity index (χ3n) is 4.24. The second-order valence-corrected chi connectivity index (χ2v) is 6.41. The minimum absolute atomic E-state index is 0.773. The molecule has 0 radical (unpaired) electrons. The van der Waals surface area contributed by atoms with E-state index in [0.717, 1.165) is 18.1 Å². The molecule has 0 amide bonds. The average Bonchev–Trinajstić information content (AvgIpc) is 2.96. The second kappa shape index (κ2) is 6.50. The molecule has 0 fully saturated rings. The highest BCUT2D eigenvalue weighted by molar-refractivity contribution is 6.30. The van der Waals surface area contributed by atoms with Crippen LogP contribution < -0.4 is 4.57 Å². The molecule has 3 aromatic carbocycles. The minimum atomic E-state index is 0.773. The molecular weight excluding hydrogens is 316 g/mol. The molecule has 24 heavy (non-hydrogen) atoms. The predicted molar refractivity (Wildman–Crippen MR) is 98.2 cm³/mol. The van der Waals surface area contributed by atoms with E-state index in [1.165, 1.54) is 22.2 Å². The van der Waals surface area contributed by atoms with E-state index in [1.54, 1.807) is 0 Å². The molecule has 3 heteroatoms. The lowest BCUT2D eigenvalue weighted by molar-refractivity contribution is -0.663. The zero-order chi connectivity index (χ0) is 16.4. The van der Waals surface area contributed by atoms with E-state index >= 15 is 0 Å². The van der Waals surface area contributed by atoms with Gasteiger partial charge in [0, 0.05) is 5.02 Å². The Bertz CT molecular complexity index is 956. The first-order valence-electron chi connectivity index (χ1n) is 8.05. The molecule has 0 aliphatic carbocycles. The van der Waals surface area contributed by atoms with Crippen LogP contribution in [-0.2, 0) is 13.1 Å². The molecule has 0 saturated carbocycles. The molecule has 0 bridgehead atoms. The normalized spacial score (nSPS) is 11.0. The first-order valence-corrected chi connectivity index (χ1v) is 8.43. The largest absolute Gasteiger partial charge is 0.245 e. The number of para-hydroxylation sites is 2. The lowest BCUT2D eigenvalue weighted by atomic mass is 10.2. The Balaban J connectivity index is 1.72. The molecule has 0 saturated heterocycles. The standard InChI is InChI=1S/C21H18ClN2/c22-19-12-10-18(11-13-19)15-24-16-23(14-17-6-2-1-3-7-17)20-8-4-5-9-21(20)24/h1-13,16H,14-15H2/q+1. The number of imidazole rings is 1. The van der Waals surface area contributed by atoms with Crippen LogP contribution in [0.1, 0.15) is 11.1 Å². The van der Waals surface area contributed by atoms with Crippen molar-refractivity contribution in [3.05, 3.63) is 101 Å². The van der Waals surface area contributed by atoms with Crippen LogP contribution in [0.5, 0.6) is 0 Å². The Morgan fingerprint density at radius 3 is 2.25 bits per heavy atom. The lowest BCUT2D eigenvalue weighted by Gasteiger charge is -1.99. The van der Waals surface area contributed by atoms with E-state index in [4.69, 9.17) is 11.6 Å².